The number of amides is 1. The van der Waals surface area contributed by atoms with Crippen LogP contribution in [0.1, 0.15) is 65.5 Å². The molecule has 0 spiro atoms. The van der Waals surface area contributed by atoms with Crippen molar-refractivity contribution < 1.29 is 9.72 Å². The summed E-state index contributed by atoms with van der Waals surface area (Å²) in [6.07, 6.45) is 7.95. The number of nitro benzene ring substituents is 1. The molecule has 1 fully saturated rings. The Bertz CT molecular complexity index is 862. The maximum Gasteiger partial charge on any atom is 0.271 e. The Morgan fingerprint density at radius 1 is 1.22 bits per heavy atom. The van der Waals surface area contributed by atoms with Gasteiger partial charge in [0.05, 0.1) is 11.1 Å². The Labute approximate surface area is 158 Å². The number of carbonyl (C=O) groups excluding carboxylic acids is 1. The number of non-ortho nitro benzene ring substituents is 1. The molecule has 7 heteroatoms. The van der Waals surface area contributed by atoms with Crippen LogP contribution in [0.2, 0.25) is 0 Å². The molecule has 1 aliphatic rings. The van der Waals surface area contributed by atoms with Crippen molar-refractivity contribution in [2.24, 2.45) is 5.10 Å². The molecule has 27 heavy (non-hydrogen) atoms. The topological polar surface area (TPSA) is 89.5 Å². The second-order valence-corrected chi connectivity index (χ2v) is 6.99. The van der Waals surface area contributed by atoms with E-state index in [-0.39, 0.29) is 5.69 Å². The average Bonchev–Trinajstić information content (AvgIpc) is 2.96. The van der Waals surface area contributed by atoms with Crippen LogP contribution in [0, 0.1) is 24.0 Å². The molecule has 0 unspecified atom stereocenters. The van der Waals surface area contributed by atoms with E-state index in [9.17, 15) is 14.9 Å². The quantitative estimate of drug-likeness (QED) is 0.485. The second kappa shape index (κ2) is 8.16. The first kappa shape index (κ1) is 18.8. The van der Waals surface area contributed by atoms with Gasteiger partial charge in [-0.3, -0.25) is 14.9 Å². The number of aryl methyl sites for hydroxylation is 1. The Kier molecular flexibility index (Phi) is 5.69. The summed E-state index contributed by atoms with van der Waals surface area (Å²) in [5, 5.41) is 14.7. The molecule has 1 amide bonds. The van der Waals surface area contributed by atoms with E-state index in [1.807, 2.05) is 0 Å². The van der Waals surface area contributed by atoms with Gasteiger partial charge in [-0.2, -0.15) is 5.10 Å². The SMILES string of the molecule is Cc1cc(/C=N\NC(=O)c2ccc([N+](=O)[O-])cc2)c(C)n1C1CCCCC1. The number of nitrogens with zero attached hydrogens (tertiary/aromatic N) is 3. The largest absolute Gasteiger partial charge is 0.345 e. The van der Waals surface area contributed by atoms with Gasteiger partial charge in [0.1, 0.15) is 0 Å². The predicted molar refractivity (Wildman–Crippen MR) is 104 cm³/mol. The smallest absolute Gasteiger partial charge is 0.271 e. The number of hydrogen-bond donors (Lipinski definition) is 1. The molecule has 142 valence electrons. The normalized spacial score (nSPS) is 15.2. The van der Waals surface area contributed by atoms with Crippen molar-refractivity contribution in [2.45, 2.75) is 52.0 Å². The van der Waals surface area contributed by atoms with Crippen LogP contribution in [0.15, 0.2) is 35.4 Å². The fourth-order valence-corrected chi connectivity index (χ4v) is 3.79. The molecule has 3 rings (SSSR count). The summed E-state index contributed by atoms with van der Waals surface area (Å²) in [5.74, 6) is -0.401. The highest BCUT2D eigenvalue weighted by atomic mass is 16.6. The van der Waals surface area contributed by atoms with E-state index in [1.54, 1.807) is 6.21 Å². The summed E-state index contributed by atoms with van der Waals surface area (Å²) < 4.78 is 2.39. The number of hydrogen-bond acceptors (Lipinski definition) is 4. The summed E-state index contributed by atoms with van der Waals surface area (Å²) in [5.41, 5.74) is 6.12. The Morgan fingerprint density at radius 3 is 2.52 bits per heavy atom. The third-order valence-electron chi connectivity index (χ3n) is 5.17. The number of nitro groups is 1. The van der Waals surface area contributed by atoms with E-state index in [0.717, 1.165) is 11.3 Å². The van der Waals surface area contributed by atoms with Crippen molar-refractivity contribution in [1.82, 2.24) is 9.99 Å². The lowest BCUT2D eigenvalue weighted by molar-refractivity contribution is -0.384. The number of carbonyl (C=O) groups is 1. The number of aromatic nitrogens is 1. The molecule has 1 aromatic carbocycles. The van der Waals surface area contributed by atoms with Gasteiger partial charge in [-0.25, -0.2) is 5.43 Å². The van der Waals surface area contributed by atoms with E-state index in [0.29, 0.717) is 11.6 Å². The van der Waals surface area contributed by atoms with Gasteiger partial charge in [0.2, 0.25) is 0 Å². The van der Waals surface area contributed by atoms with Crippen LogP contribution >= 0.6 is 0 Å². The molecule has 2 aromatic rings. The fraction of sp³-hybridized carbons (Fsp3) is 0.400. The highest BCUT2D eigenvalue weighted by molar-refractivity contribution is 5.95. The van der Waals surface area contributed by atoms with Crippen LogP contribution in [0.3, 0.4) is 0 Å². The van der Waals surface area contributed by atoms with Gasteiger partial charge in [-0.15, -0.1) is 0 Å². The van der Waals surface area contributed by atoms with E-state index in [4.69, 9.17) is 0 Å². The fourth-order valence-electron chi connectivity index (χ4n) is 3.79. The van der Waals surface area contributed by atoms with Crippen molar-refractivity contribution >= 4 is 17.8 Å². The maximum absolute atomic E-state index is 12.1. The number of hydrazone groups is 1. The average molecular weight is 368 g/mol. The predicted octanol–water partition coefficient (Wildman–Crippen LogP) is 4.28. The first-order chi connectivity index (χ1) is 13.0. The molecule has 0 radical (unpaired) electrons. The van der Waals surface area contributed by atoms with E-state index in [1.165, 1.54) is 62.1 Å². The highest BCUT2D eigenvalue weighted by Crippen LogP contribution is 2.31. The number of benzene rings is 1. The van der Waals surface area contributed by atoms with Gasteiger partial charge >= 0.3 is 0 Å². The maximum atomic E-state index is 12.1. The molecule has 0 atom stereocenters. The summed E-state index contributed by atoms with van der Waals surface area (Å²) in [6.45, 7) is 4.19. The summed E-state index contributed by atoms with van der Waals surface area (Å²) in [7, 11) is 0. The van der Waals surface area contributed by atoms with Crippen LogP contribution < -0.4 is 5.43 Å². The minimum Gasteiger partial charge on any atom is -0.345 e. The third kappa shape index (κ3) is 4.24. The molecule has 0 saturated heterocycles. The molecule has 1 saturated carbocycles. The molecule has 0 bridgehead atoms. The molecular weight excluding hydrogens is 344 g/mol. The van der Waals surface area contributed by atoms with E-state index in [2.05, 4.69) is 35.0 Å². The molecule has 0 aliphatic heterocycles. The third-order valence-corrected chi connectivity index (χ3v) is 5.17. The Morgan fingerprint density at radius 2 is 1.89 bits per heavy atom. The van der Waals surface area contributed by atoms with Crippen molar-refractivity contribution in [3.63, 3.8) is 0 Å². The van der Waals surface area contributed by atoms with Crippen LogP contribution in [0.5, 0.6) is 0 Å². The van der Waals surface area contributed by atoms with Gasteiger partial charge in [0.15, 0.2) is 0 Å². The zero-order valence-electron chi connectivity index (χ0n) is 15.6. The van der Waals surface area contributed by atoms with Crippen LogP contribution in [0.4, 0.5) is 5.69 Å². The van der Waals surface area contributed by atoms with Crippen molar-refractivity contribution in [3.05, 3.63) is 63.0 Å². The standard InChI is InChI=1S/C20H24N4O3/c1-14-12-17(15(2)23(14)18-6-4-3-5-7-18)13-21-22-20(25)16-8-10-19(11-9-16)24(26)27/h8-13,18H,3-7H2,1-2H3,(H,22,25)/b21-13-. The van der Waals surface area contributed by atoms with Crippen LogP contribution in [0.25, 0.3) is 0 Å². The summed E-state index contributed by atoms with van der Waals surface area (Å²) in [6, 6.07) is 8.07. The highest BCUT2D eigenvalue weighted by Gasteiger charge is 2.19. The lowest BCUT2D eigenvalue weighted by Crippen LogP contribution is -2.17. The summed E-state index contributed by atoms with van der Waals surface area (Å²) in [4.78, 5) is 22.3. The van der Waals surface area contributed by atoms with Crippen LogP contribution in [-0.2, 0) is 0 Å². The number of nitrogens with one attached hydrogen (secondary N) is 1. The van der Waals surface area contributed by atoms with Crippen molar-refractivity contribution in [2.75, 3.05) is 0 Å². The summed E-state index contributed by atoms with van der Waals surface area (Å²) >= 11 is 0. The number of rotatable bonds is 5. The molecule has 1 aromatic heterocycles. The molecule has 1 heterocycles. The minimum absolute atomic E-state index is 0.0507. The molecular formula is C20H24N4O3. The first-order valence-corrected chi connectivity index (χ1v) is 9.23. The molecule has 7 nitrogen and oxygen atoms in total. The van der Waals surface area contributed by atoms with Crippen molar-refractivity contribution in [1.29, 1.82) is 0 Å². The molecule has 1 N–H and O–H groups in total. The zero-order chi connectivity index (χ0) is 19.4. The van der Waals surface area contributed by atoms with Gasteiger partial charge in [-0.1, -0.05) is 19.3 Å². The molecule has 1 aliphatic carbocycles. The second-order valence-electron chi connectivity index (χ2n) is 6.99. The van der Waals surface area contributed by atoms with Gasteiger partial charge in [-0.05, 0) is 44.9 Å². The zero-order valence-corrected chi connectivity index (χ0v) is 15.6. The minimum atomic E-state index is -0.498. The van der Waals surface area contributed by atoms with E-state index < -0.39 is 10.8 Å². The Hall–Kier alpha value is -2.96. The monoisotopic (exact) mass is 368 g/mol. The Balaban J connectivity index is 1.67. The lowest BCUT2D eigenvalue weighted by atomic mass is 9.95. The van der Waals surface area contributed by atoms with Gasteiger partial charge in [0, 0.05) is 40.7 Å². The van der Waals surface area contributed by atoms with E-state index >= 15 is 0 Å². The van der Waals surface area contributed by atoms with Crippen LogP contribution in [-0.4, -0.2) is 21.6 Å². The van der Waals surface area contributed by atoms with Crippen molar-refractivity contribution in [3.8, 4) is 0 Å². The lowest BCUT2D eigenvalue weighted by Gasteiger charge is -2.26. The van der Waals surface area contributed by atoms with Gasteiger partial charge in [0.25, 0.3) is 11.6 Å². The van der Waals surface area contributed by atoms with Gasteiger partial charge < -0.3 is 4.57 Å². The first-order valence-electron chi connectivity index (χ1n) is 9.23.